The van der Waals surface area contributed by atoms with Crippen LogP contribution in [-0.2, 0) is 16.4 Å². The Morgan fingerprint density at radius 1 is 1.03 bits per heavy atom. The maximum absolute atomic E-state index is 13.2. The van der Waals surface area contributed by atoms with Gasteiger partial charge in [0.25, 0.3) is 10.0 Å². The Balaban J connectivity index is 1.70. The molecule has 4 rings (SSSR count). The zero-order valence-corrected chi connectivity index (χ0v) is 16.7. The SMILES string of the molecule is COc1ccc(-c2ccc3c(n2)CCCN3S(=O)(=O)c2ccc(C#N)cc2)cc1. The van der Waals surface area contributed by atoms with Gasteiger partial charge >= 0.3 is 0 Å². The van der Waals surface area contributed by atoms with E-state index in [4.69, 9.17) is 15.0 Å². The van der Waals surface area contributed by atoms with Gasteiger partial charge in [0, 0.05) is 12.1 Å². The van der Waals surface area contributed by atoms with Crippen LogP contribution in [0.25, 0.3) is 11.3 Å². The fraction of sp³-hybridized carbons (Fsp3) is 0.182. The first-order valence-corrected chi connectivity index (χ1v) is 10.6. The molecule has 2 heterocycles. The van der Waals surface area contributed by atoms with Crippen LogP contribution in [0.1, 0.15) is 17.7 Å². The third-order valence-corrected chi connectivity index (χ3v) is 6.78. The van der Waals surface area contributed by atoms with Gasteiger partial charge in [-0.1, -0.05) is 0 Å². The van der Waals surface area contributed by atoms with Crippen molar-refractivity contribution < 1.29 is 13.2 Å². The summed E-state index contributed by atoms with van der Waals surface area (Å²) in [4.78, 5) is 4.90. The fourth-order valence-corrected chi connectivity index (χ4v) is 4.95. The van der Waals surface area contributed by atoms with Crippen molar-refractivity contribution in [2.75, 3.05) is 18.0 Å². The summed E-state index contributed by atoms with van der Waals surface area (Å²) >= 11 is 0. The van der Waals surface area contributed by atoms with E-state index in [9.17, 15) is 8.42 Å². The first-order chi connectivity index (χ1) is 14.0. The van der Waals surface area contributed by atoms with Crippen molar-refractivity contribution in [3.05, 3.63) is 71.9 Å². The molecule has 6 nitrogen and oxygen atoms in total. The van der Waals surface area contributed by atoms with Gasteiger partial charge in [-0.25, -0.2) is 8.42 Å². The maximum Gasteiger partial charge on any atom is 0.264 e. The average Bonchev–Trinajstić information content (AvgIpc) is 2.78. The highest BCUT2D eigenvalue weighted by Crippen LogP contribution is 2.33. The molecular weight excluding hydrogens is 386 g/mol. The number of nitrogens with zero attached hydrogens (tertiary/aromatic N) is 3. The molecule has 0 fully saturated rings. The Bertz CT molecular complexity index is 1180. The zero-order valence-electron chi connectivity index (χ0n) is 15.9. The summed E-state index contributed by atoms with van der Waals surface area (Å²) in [6, 6.07) is 19.3. The molecule has 0 N–H and O–H groups in total. The summed E-state index contributed by atoms with van der Waals surface area (Å²) in [6.45, 7) is 0.402. The highest BCUT2D eigenvalue weighted by atomic mass is 32.2. The number of nitriles is 1. The van der Waals surface area contributed by atoms with Gasteiger partial charge in [0.15, 0.2) is 0 Å². The van der Waals surface area contributed by atoms with Gasteiger partial charge in [-0.05, 0) is 73.5 Å². The molecule has 0 radical (unpaired) electrons. The number of aromatic nitrogens is 1. The van der Waals surface area contributed by atoms with Crippen molar-refractivity contribution in [1.29, 1.82) is 5.26 Å². The number of hydrogen-bond acceptors (Lipinski definition) is 5. The van der Waals surface area contributed by atoms with E-state index < -0.39 is 10.0 Å². The van der Waals surface area contributed by atoms with E-state index in [-0.39, 0.29) is 4.90 Å². The van der Waals surface area contributed by atoms with Gasteiger partial charge < -0.3 is 4.74 Å². The van der Waals surface area contributed by atoms with Gasteiger partial charge in [0.1, 0.15) is 5.75 Å². The molecule has 0 aliphatic carbocycles. The highest BCUT2D eigenvalue weighted by Gasteiger charge is 2.30. The Hall–Kier alpha value is -3.37. The van der Waals surface area contributed by atoms with Crippen LogP contribution in [0.4, 0.5) is 5.69 Å². The lowest BCUT2D eigenvalue weighted by molar-refractivity contribution is 0.415. The summed E-state index contributed by atoms with van der Waals surface area (Å²) in [5.41, 5.74) is 3.54. The summed E-state index contributed by atoms with van der Waals surface area (Å²) < 4.78 is 33.0. The minimum absolute atomic E-state index is 0.170. The first-order valence-electron chi connectivity index (χ1n) is 9.20. The number of aryl methyl sites for hydroxylation is 1. The number of ether oxygens (including phenoxy) is 1. The quantitative estimate of drug-likeness (QED) is 0.660. The number of hydrogen-bond donors (Lipinski definition) is 0. The van der Waals surface area contributed by atoms with E-state index in [1.807, 2.05) is 42.5 Å². The molecule has 7 heteroatoms. The van der Waals surface area contributed by atoms with Crippen molar-refractivity contribution in [3.63, 3.8) is 0 Å². The third-order valence-electron chi connectivity index (χ3n) is 4.95. The molecule has 29 heavy (non-hydrogen) atoms. The molecule has 1 aliphatic heterocycles. The maximum atomic E-state index is 13.2. The molecule has 146 valence electrons. The average molecular weight is 405 g/mol. The van der Waals surface area contributed by atoms with Crippen molar-refractivity contribution in [3.8, 4) is 23.1 Å². The van der Waals surface area contributed by atoms with E-state index in [2.05, 4.69) is 0 Å². The molecule has 2 aromatic carbocycles. The van der Waals surface area contributed by atoms with Crippen LogP contribution in [0.3, 0.4) is 0 Å². The number of sulfonamides is 1. The van der Waals surface area contributed by atoms with E-state index in [0.717, 1.165) is 29.1 Å². The smallest absolute Gasteiger partial charge is 0.264 e. The van der Waals surface area contributed by atoms with Crippen molar-refractivity contribution in [2.45, 2.75) is 17.7 Å². The molecule has 0 bridgehead atoms. The predicted octanol–water partition coefficient (Wildman–Crippen LogP) is 3.77. The van der Waals surface area contributed by atoms with Gasteiger partial charge in [-0.2, -0.15) is 5.26 Å². The summed E-state index contributed by atoms with van der Waals surface area (Å²) in [5.74, 6) is 0.770. The Kier molecular flexibility index (Phi) is 4.95. The van der Waals surface area contributed by atoms with Crippen LogP contribution in [0.15, 0.2) is 65.6 Å². The molecular formula is C22H19N3O3S. The van der Waals surface area contributed by atoms with E-state index >= 15 is 0 Å². The van der Waals surface area contributed by atoms with Crippen molar-refractivity contribution >= 4 is 15.7 Å². The number of rotatable bonds is 4. The minimum Gasteiger partial charge on any atom is -0.497 e. The fourth-order valence-electron chi connectivity index (χ4n) is 3.42. The van der Waals surface area contributed by atoms with Crippen LogP contribution in [0, 0.1) is 11.3 Å². The lowest BCUT2D eigenvalue weighted by Gasteiger charge is -2.30. The second-order valence-electron chi connectivity index (χ2n) is 6.71. The van der Waals surface area contributed by atoms with E-state index in [1.165, 1.54) is 28.6 Å². The summed E-state index contributed by atoms with van der Waals surface area (Å²) in [7, 11) is -2.10. The molecule has 3 aromatic rings. The Labute approximate surface area is 170 Å². The molecule has 0 unspecified atom stereocenters. The second-order valence-corrected chi connectivity index (χ2v) is 8.57. The summed E-state index contributed by atoms with van der Waals surface area (Å²) in [6.07, 6.45) is 1.42. The molecule has 0 amide bonds. The topological polar surface area (TPSA) is 83.3 Å². The van der Waals surface area contributed by atoms with E-state index in [0.29, 0.717) is 24.2 Å². The predicted molar refractivity (Wildman–Crippen MR) is 110 cm³/mol. The van der Waals surface area contributed by atoms with Crippen LogP contribution in [0.2, 0.25) is 0 Å². The standard InChI is InChI=1S/C22H19N3O3S/c1-28-18-8-6-17(7-9-18)20-12-13-22-21(24-20)3-2-14-25(22)29(26,27)19-10-4-16(15-23)5-11-19/h4-13H,2-3,14H2,1H3. The Morgan fingerprint density at radius 3 is 2.41 bits per heavy atom. The number of pyridine rings is 1. The van der Waals surface area contributed by atoms with Crippen molar-refractivity contribution in [2.24, 2.45) is 0 Å². The molecule has 0 atom stereocenters. The monoisotopic (exact) mass is 405 g/mol. The lowest BCUT2D eigenvalue weighted by atomic mass is 10.1. The van der Waals surface area contributed by atoms with Crippen LogP contribution < -0.4 is 9.04 Å². The molecule has 1 aliphatic rings. The number of methoxy groups -OCH3 is 1. The number of anilines is 1. The molecule has 1 aromatic heterocycles. The van der Waals surface area contributed by atoms with Gasteiger partial charge in [0.2, 0.25) is 0 Å². The normalized spacial score (nSPS) is 13.4. The molecule has 0 saturated heterocycles. The van der Waals surface area contributed by atoms with Gasteiger partial charge in [0.05, 0.1) is 40.7 Å². The van der Waals surface area contributed by atoms with Crippen LogP contribution in [0.5, 0.6) is 5.75 Å². The lowest BCUT2D eigenvalue weighted by Crippen LogP contribution is -2.35. The number of benzene rings is 2. The highest BCUT2D eigenvalue weighted by molar-refractivity contribution is 7.92. The molecule has 0 spiro atoms. The Morgan fingerprint density at radius 2 is 1.76 bits per heavy atom. The third kappa shape index (κ3) is 3.55. The second kappa shape index (κ2) is 7.57. The minimum atomic E-state index is -3.72. The van der Waals surface area contributed by atoms with Crippen LogP contribution >= 0.6 is 0 Å². The van der Waals surface area contributed by atoms with Crippen molar-refractivity contribution in [1.82, 2.24) is 4.98 Å². The molecule has 0 saturated carbocycles. The summed E-state index contributed by atoms with van der Waals surface area (Å²) in [5, 5.41) is 8.93. The zero-order chi connectivity index (χ0) is 20.4. The first kappa shape index (κ1) is 19.0. The van der Waals surface area contributed by atoms with Gasteiger partial charge in [-0.3, -0.25) is 9.29 Å². The van der Waals surface area contributed by atoms with E-state index in [1.54, 1.807) is 7.11 Å². The largest absolute Gasteiger partial charge is 0.497 e. The van der Waals surface area contributed by atoms with Gasteiger partial charge in [-0.15, -0.1) is 0 Å². The van der Waals surface area contributed by atoms with Crippen LogP contribution in [-0.4, -0.2) is 27.1 Å². The number of fused-ring (bicyclic) bond motifs is 1.